The van der Waals surface area contributed by atoms with Crippen LogP contribution in [0.1, 0.15) is 51.4 Å². The number of nitrogens with zero attached hydrogens (tertiary/aromatic N) is 3. The molecule has 1 aromatic heterocycles. The van der Waals surface area contributed by atoms with E-state index in [1.807, 2.05) is 6.20 Å². The molecular weight excluding hydrogens is 304 g/mol. The van der Waals surface area contributed by atoms with Crippen molar-refractivity contribution in [1.82, 2.24) is 20.0 Å². The summed E-state index contributed by atoms with van der Waals surface area (Å²) in [5.74, 6) is 0. The highest BCUT2D eigenvalue weighted by Crippen LogP contribution is 2.28. The minimum atomic E-state index is 0.349. The summed E-state index contributed by atoms with van der Waals surface area (Å²) in [6.45, 7) is 8.65. The van der Waals surface area contributed by atoms with Crippen LogP contribution in [-0.4, -0.2) is 41.9 Å². The van der Waals surface area contributed by atoms with E-state index in [-0.39, 0.29) is 0 Å². The Morgan fingerprint density at radius 1 is 1.42 bits per heavy atom. The molecule has 0 fully saturated rings. The van der Waals surface area contributed by atoms with Gasteiger partial charge in [0.1, 0.15) is 0 Å². The van der Waals surface area contributed by atoms with Crippen LogP contribution in [0.5, 0.6) is 0 Å². The average molecular weight is 331 g/mol. The van der Waals surface area contributed by atoms with Crippen LogP contribution in [0.25, 0.3) is 0 Å². The predicted molar refractivity (Wildman–Crippen MR) is 84.5 cm³/mol. The van der Waals surface area contributed by atoms with Gasteiger partial charge in [-0.1, -0.05) is 6.92 Å². The van der Waals surface area contributed by atoms with Crippen LogP contribution < -0.4 is 5.32 Å². The van der Waals surface area contributed by atoms with E-state index < -0.39 is 0 Å². The van der Waals surface area contributed by atoms with Gasteiger partial charge in [0.2, 0.25) is 0 Å². The van der Waals surface area contributed by atoms with Gasteiger partial charge >= 0.3 is 0 Å². The molecule has 1 heterocycles. The van der Waals surface area contributed by atoms with E-state index in [1.165, 1.54) is 5.69 Å². The van der Waals surface area contributed by atoms with Crippen molar-refractivity contribution >= 4 is 15.9 Å². The third-order valence-corrected chi connectivity index (χ3v) is 3.72. The molecule has 1 atom stereocenters. The van der Waals surface area contributed by atoms with E-state index in [1.54, 1.807) is 0 Å². The van der Waals surface area contributed by atoms with Crippen molar-refractivity contribution < 1.29 is 0 Å². The van der Waals surface area contributed by atoms with Gasteiger partial charge in [-0.05, 0) is 69.8 Å². The maximum Gasteiger partial charge on any atom is 0.0699 e. The molecule has 0 spiro atoms. The molecule has 0 amide bonds. The first-order valence-corrected chi connectivity index (χ1v) is 7.87. The first-order chi connectivity index (χ1) is 8.97. The highest BCUT2D eigenvalue weighted by Gasteiger charge is 2.20. The van der Waals surface area contributed by atoms with Crippen molar-refractivity contribution in [2.75, 3.05) is 27.2 Å². The van der Waals surface area contributed by atoms with Crippen LogP contribution >= 0.6 is 15.9 Å². The lowest BCUT2D eigenvalue weighted by atomic mass is 10.1. The Hall–Kier alpha value is -0.390. The molecule has 0 aliphatic carbocycles. The van der Waals surface area contributed by atoms with Gasteiger partial charge in [-0.2, -0.15) is 5.10 Å². The number of nitrogens with one attached hydrogen (secondary N) is 1. The normalized spacial score (nSPS) is 13.5. The fraction of sp³-hybridized carbons (Fsp3) is 0.786. The van der Waals surface area contributed by atoms with Gasteiger partial charge in [0.05, 0.1) is 22.4 Å². The zero-order valence-electron chi connectivity index (χ0n) is 12.8. The molecule has 0 saturated heterocycles. The lowest BCUT2D eigenvalue weighted by Gasteiger charge is -2.23. The largest absolute Gasteiger partial charge is 0.309 e. The SMILES string of the molecule is CCCNC(CCN(C)C)c1c(Br)cnn1C(C)C. The van der Waals surface area contributed by atoms with Crippen LogP contribution in [0.4, 0.5) is 0 Å². The zero-order chi connectivity index (χ0) is 14.4. The number of rotatable bonds is 8. The van der Waals surface area contributed by atoms with Crippen LogP contribution in [-0.2, 0) is 0 Å². The van der Waals surface area contributed by atoms with Gasteiger partial charge in [0.15, 0.2) is 0 Å². The van der Waals surface area contributed by atoms with E-state index in [9.17, 15) is 0 Å². The Kier molecular flexibility index (Phi) is 7.04. The Labute approximate surface area is 125 Å². The number of halogens is 1. The third-order valence-electron chi connectivity index (χ3n) is 3.11. The first-order valence-electron chi connectivity index (χ1n) is 7.08. The lowest BCUT2D eigenvalue weighted by Crippen LogP contribution is -2.29. The molecule has 0 aromatic carbocycles. The molecule has 0 aliphatic heterocycles. The summed E-state index contributed by atoms with van der Waals surface area (Å²) in [6, 6.07) is 0.730. The summed E-state index contributed by atoms with van der Waals surface area (Å²) >= 11 is 3.65. The Balaban J connectivity index is 2.91. The molecule has 0 bridgehead atoms. The van der Waals surface area contributed by atoms with Crippen molar-refractivity contribution in [2.45, 2.75) is 45.7 Å². The molecule has 0 saturated carbocycles. The van der Waals surface area contributed by atoms with Crippen LogP contribution in [0, 0.1) is 0 Å². The highest BCUT2D eigenvalue weighted by molar-refractivity contribution is 9.10. The molecule has 1 N–H and O–H groups in total. The molecule has 110 valence electrons. The Morgan fingerprint density at radius 2 is 2.11 bits per heavy atom. The Bertz CT molecular complexity index is 374. The minimum absolute atomic E-state index is 0.349. The number of hydrogen-bond donors (Lipinski definition) is 1. The van der Waals surface area contributed by atoms with E-state index in [0.29, 0.717) is 12.1 Å². The van der Waals surface area contributed by atoms with Crippen molar-refractivity contribution in [3.63, 3.8) is 0 Å². The van der Waals surface area contributed by atoms with E-state index >= 15 is 0 Å². The molecule has 1 aromatic rings. The van der Waals surface area contributed by atoms with E-state index in [2.05, 4.69) is 70.8 Å². The monoisotopic (exact) mass is 330 g/mol. The quantitative estimate of drug-likeness (QED) is 0.794. The zero-order valence-corrected chi connectivity index (χ0v) is 14.4. The third kappa shape index (κ3) is 4.89. The average Bonchev–Trinajstić information content (AvgIpc) is 2.71. The van der Waals surface area contributed by atoms with E-state index in [4.69, 9.17) is 0 Å². The first kappa shape index (κ1) is 16.7. The Morgan fingerprint density at radius 3 is 2.63 bits per heavy atom. The van der Waals surface area contributed by atoms with Crippen molar-refractivity contribution in [3.05, 3.63) is 16.4 Å². The summed E-state index contributed by atoms with van der Waals surface area (Å²) in [7, 11) is 4.23. The number of hydrogen-bond acceptors (Lipinski definition) is 3. The maximum absolute atomic E-state index is 4.49. The molecule has 5 heteroatoms. The maximum atomic E-state index is 4.49. The van der Waals surface area contributed by atoms with Gasteiger partial charge in [-0.15, -0.1) is 0 Å². The topological polar surface area (TPSA) is 33.1 Å². The van der Waals surface area contributed by atoms with Crippen LogP contribution in [0.2, 0.25) is 0 Å². The van der Waals surface area contributed by atoms with Crippen LogP contribution in [0.3, 0.4) is 0 Å². The van der Waals surface area contributed by atoms with Gasteiger partial charge in [0, 0.05) is 6.04 Å². The van der Waals surface area contributed by atoms with Crippen molar-refractivity contribution in [2.24, 2.45) is 0 Å². The molecular formula is C14H27BrN4. The summed E-state index contributed by atoms with van der Waals surface area (Å²) in [4.78, 5) is 2.23. The van der Waals surface area contributed by atoms with Crippen molar-refractivity contribution in [3.8, 4) is 0 Å². The highest BCUT2D eigenvalue weighted by atomic mass is 79.9. The summed E-state index contributed by atoms with van der Waals surface area (Å²) in [5.41, 5.74) is 1.27. The van der Waals surface area contributed by atoms with Gasteiger partial charge in [0.25, 0.3) is 0 Å². The van der Waals surface area contributed by atoms with Gasteiger partial charge in [-0.3, -0.25) is 4.68 Å². The lowest BCUT2D eigenvalue weighted by molar-refractivity contribution is 0.346. The molecule has 19 heavy (non-hydrogen) atoms. The molecule has 1 rings (SSSR count). The summed E-state index contributed by atoms with van der Waals surface area (Å²) < 4.78 is 3.22. The summed E-state index contributed by atoms with van der Waals surface area (Å²) in [6.07, 6.45) is 4.14. The standard InChI is InChI=1S/C14H27BrN4/c1-6-8-16-13(7-9-18(4)5)14-12(15)10-17-19(14)11(2)3/h10-11,13,16H,6-9H2,1-5H3. The number of aromatic nitrogens is 2. The molecule has 1 unspecified atom stereocenters. The van der Waals surface area contributed by atoms with Crippen LogP contribution in [0.15, 0.2) is 10.7 Å². The second-order valence-electron chi connectivity index (χ2n) is 5.51. The minimum Gasteiger partial charge on any atom is -0.309 e. The van der Waals surface area contributed by atoms with Gasteiger partial charge < -0.3 is 10.2 Å². The fourth-order valence-corrected chi connectivity index (χ4v) is 2.68. The van der Waals surface area contributed by atoms with E-state index in [0.717, 1.165) is 30.4 Å². The predicted octanol–water partition coefficient (Wildman–Crippen LogP) is 3.22. The smallest absolute Gasteiger partial charge is 0.0699 e. The second kappa shape index (κ2) is 8.02. The van der Waals surface area contributed by atoms with Crippen molar-refractivity contribution in [1.29, 1.82) is 0 Å². The molecule has 0 radical (unpaired) electrons. The summed E-state index contributed by atoms with van der Waals surface area (Å²) in [5, 5.41) is 8.13. The van der Waals surface area contributed by atoms with Gasteiger partial charge in [-0.25, -0.2) is 0 Å². The fourth-order valence-electron chi connectivity index (χ4n) is 2.13. The second-order valence-corrected chi connectivity index (χ2v) is 6.37. The molecule has 0 aliphatic rings. The molecule has 4 nitrogen and oxygen atoms in total.